The molecule has 120 valence electrons. The Hall–Kier alpha value is -1.23. The summed E-state index contributed by atoms with van der Waals surface area (Å²) in [4.78, 5) is 0. The van der Waals surface area contributed by atoms with Crippen molar-refractivity contribution in [2.24, 2.45) is 5.41 Å². The smallest absolute Gasteiger partial charge is 0.197 e. The molecule has 5 heteroatoms. The van der Waals surface area contributed by atoms with Gasteiger partial charge in [0, 0.05) is 6.42 Å². The highest BCUT2D eigenvalue weighted by atomic mass is 19.4. The summed E-state index contributed by atoms with van der Waals surface area (Å²) in [6.07, 6.45) is 2.97. The number of halogens is 3. The fourth-order valence-electron chi connectivity index (χ4n) is 2.29. The number of unbranched alkanes of at least 4 members (excludes halogenated alkanes) is 7. The predicted octanol–water partition coefficient (Wildman–Crippen LogP) is 5.89. The highest BCUT2D eigenvalue weighted by Crippen LogP contribution is 2.34. The van der Waals surface area contributed by atoms with E-state index in [0.29, 0.717) is 6.42 Å². The quantitative estimate of drug-likeness (QED) is 0.446. The van der Waals surface area contributed by atoms with E-state index in [9.17, 15) is 13.2 Å². The highest BCUT2D eigenvalue weighted by molar-refractivity contribution is 5.13. The number of hydrogen-bond donors (Lipinski definition) is 0. The van der Waals surface area contributed by atoms with Gasteiger partial charge >= 0.3 is 6.18 Å². The Kier molecular flexibility index (Phi) is 9.88. The molecular weight excluding hydrogens is 277 g/mol. The first kappa shape index (κ1) is 19.8. The largest absolute Gasteiger partial charge is 0.389 e. The predicted molar refractivity (Wildman–Crippen MR) is 76.2 cm³/mol. The third kappa shape index (κ3) is 10.2. The van der Waals surface area contributed by atoms with E-state index in [1.807, 2.05) is 0 Å². The van der Waals surface area contributed by atoms with Gasteiger partial charge in [0.2, 0.25) is 0 Å². The summed E-state index contributed by atoms with van der Waals surface area (Å²) < 4.78 is 36.7. The third-order valence-electron chi connectivity index (χ3n) is 3.72. The molecule has 0 aromatic carbocycles. The van der Waals surface area contributed by atoms with Crippen molar-refractivity contribution in [3.63, 3.8) is 0 Å². The van der Waals surface area contributed by atoms with Gasteiger partial charge in [-0.1, -0.05) is 58.3 Å². The van der Waals surface area contributed by atoms with Gasteiger partial charge in [-0.15, -0.1) is 0 Å². The number of alkyl halides is 3. The summed E-state index contributed by atoms with van der Waals surface area (Å²) in [5.74, 6) is 0. The van der Waals surface area contributed by atoms with E-state index in [4.69, 9.17) is 10.5 Å². The van der Waals surface area contributed by atoms with Gasteiger partial charge in [-0.25, -0.2) is 0 Å². The van der Waals surface area contributed by atoms with E-state index >= 15 is 0 Å². The molecule has 0 aromatic heterocycles. The summed E-state index contributed by atoms with van der Waals surface area (Å²) >= 11 is 0. The molecular formula is C16H25F3N2. The number of hydrogen-bond acceptors (Lipinski definition) is 2. The van der Waals surface area contributed by atoms with E-state index in [0.717, 1.165) is 19.3 Å². The maximum absolute atomic E-state index is 12.2. The molecule has 0 rings (SSSR count). The molecule has 0 aliphatic carbocycles. The average Bonchev–Trinajstić information content (AvgIpc) is 2.44. The molecule has 0 unspecified atom stereocenters. The number of rotatable bonds is 11. The molecule has 0 radical (unpaired) electrons. The molecule has 0 aromatic rings. The lowest BCUT2D eigenvalue weighted by atomic mass is 9.81. The van der Waals surface area contributed by atoms with Crippen molar-refractivity contribution < 1.29 is 13.2 Å². The Morgan fingerprint density at radius 2 is 1.19 bits per heavy atom. The summed E-state index contributed by atoms with van der Waals surface area (Å²) in [6.45, 7) is 2.16. The zero-order valence-corrected chi connectivity index (χ0v) is 12.8. The van der Waals surface area contributed by atoms with Crippen LogP contribution in [0.15, 0.2) is 0 Å². The lowest BCUT2D eigenvalue weighted by molar-refractivity contribution is -0.138. The molecule has 0 saturated carbocycles. The summed E-state index contributed by atoms with van der Waals surface area (Å²) in [5, 5.41) is 18.1. The lowest BCUT2D eigenvalue weighted by Gasteiger charge is -2.19. The first-order valence-corrected chi connectivity index (χ1v) is 7.78. The molecule has 0 amide bonds. The van der Waals surface area contributed by atoms with Gasteiger partial charge in [0.25, 0.3) is 0 Å². The Bertz CT molecular complexity index is 336. The minimum atomic E-state index is -4.31. The second-order valence-electron chi connectivity index (χ2n) is 5.65. The van der Waals surface area contributed by atoms with Crippen molar-refractivity contribution >= 4 is 0 Å². The van der Waals surface area contributed by atoms with E-state index in [1.165, 1.54) is 25.7 Å². The van der Waals surface area contributed by atoms with Crippen LogP contribution in [0.4, 0.5) is 13.2 Å². The standard InChI is InChI=1S/C16H25F3N2/c1-2-3-4-5-6-7-8-9-10-15(13-20,14-21)11-12-16(17,18)19/h2-12H2,1H3. The minimum Gasteiger partial charge on any atom is -0.197 e. The van der Waals surface area contributed by atoms with Crippen molar-refractivity contribution in [3.05, 3.63) is 0 Å². The van der Waals surface area contributed by atoms with Crippen LogP contribution in [0.25, 0.3) is 0 Å². The molecule has 0 N–H and O–H groups in total. The molecule has 0 aliphatic heterocycles. The monoisotopic (exact) mass is 302 g/mol. The van der Waals surface area contributed by atoms with Crippen LogP contribution in [0.2, 0.25) is 0 Å². The lowest BCUT2D eigenvalue weighted by Crippen LogP contribution is -2.20. The molecule has 0 heterocycles. The fraction of sp³-hybridized carbons (Fsp3) is 0.875. The van der Waals surface area contributed by atoms with E-state index < -0.39 is 24.4 Å². The van der Waals surface area contributed by atoms with Crippen LogP contribution in [0.5, 0.6) is 0 Å². The molecule has 0 fully saturated rings. The molecule has 0 aliphatic rings. The van der Waals surface area contributed by atoms with Crippen LogP contribution in [0, 0.1) is 28.1 Å². The molecule has 2 nitrogen and oxygen atoms in total. The summed E-state index contributed by atoms with van der Waals surface area (Å²) in [5.41, 5.74) is -1.47. The second-order valence-corrected chi connectivity index (χ2v) is 5.65. The Labute approximate surface area is 125 Å². The molecule has 0 saturated heterocycles. The topological polar surface area (TPSA) is 47.6 Å². The second kappa shape index (κ2) is 10.5. The normalized spacial score (nSPS) is 11.9. The van der Waals surface area contributed by atoms with Gasteiger partial charge in [0.15, 0.2) is 0 Å². The summed E-state index contributed by atoms with van der Waals surface area (Å²) in [6, 6.07) is 3.59. The van der Waals surface area contributed by atoms with Crippen LogP contribution in [-0.2, 0) is 0 Å². The fourth-order valence-corrected chi connectivity index (χ4v) is 2.29. The van der Waals surface area contributed by atoms with Crippen LogP contribution in [0.1, 0.15) is 77.6 Å². The van der Waals surface area contributed by atoms with Gasteiger partial charge in [-0.2, -0.15) is 23.7 Å². The van der Waals surface area contributed by atoms with Gasteiger partial charge < -0.3 is 0 Å². The van der Waals surface area contributed by atoms with Crippen molar-refractivity contribution in [1.82, 2.24) is 0 Å². The maximum atomic E-state index is 12.2. The summed E-state index contributed by atoms with van der Waals surface area (Å²) in [7, 11) is 0. The molecule has 0 atom stereocenters. The first-order chi connectivity index (χ1) is 9.89. The highest BCUT2D eigenvalue weighted by Gasteiger charge is 2.36. The zero-order chi connectivity index (χ0) is 16.2. The molecule has 21 heavy (non-hydrogen) atoms. The van der Waals surface area contributed by atoms with Crippen LogP contribution >= 0.6 is 0 Å². The van der Waals surface area contributed by atoms with Gasteiger partial charge in [0.05, 0.1) is 12.1 Å². The van der Waals surface area contributed by atoms with Crippen molar-refractivity contribution in [2.75, 3.05) is 0 Å². The van der Waals surface area contributed by atoms with Crippen molar-refractivity contribution in [2.45, 2.75) is 83.7 Å². The average molecular weight is 302 g/mol. The number of nitrogens with zero attached hydrogens (tertiary/aromatic N) is 2. The van der Waals surface area contributed by atoms with Gasteiger partial charge in [0.1, 0.15) is 5.41 Å². The Morgan fingerprint density at radius 1 is 0.714 bits per heavy atom. The van der Waals surface area contributed by atoms with Crippen molar-refractivity contribution in [3.8, 4) is 12.1 Å². The van der Waals surface area contributed by atoms with E-state index in [2.05, 4.69) is 6.92 Å². The number of nitriles is 2. The maximum Gasteiger partial charge on any atom is 0.389 e. The third-order valence-corrected chi connectivity index (χ3v) is 3.72. The van der Waals surface area contributed by atoms with Gasteiger partial charge in [-0.05, 0) is 12.8 Å². The van der Waals surface area contributed by atoms with E-state index in [-0.39, 0.29) is 6.42 Å². The minimum absolute atomic E-state index is 0.241. The first-order valence-electron chi connectivity index (χ1n) is 7.78. The SMILES string of the molecule is CCCCCCCCCCC(C#N)(C#N)CCC(F)(F)F. The van der Waals surface area contributed by atoms with E-state index in [1.54, 1.807) is 12.1 Å². The molecule has 0 bridgehead atoms. The Morgan fingerprint density at radius 3 is 1.62 bits per heavy atom. The van der Waals surface area contributed by atoms with Crippen molar-refractivity contribution in [1.29, 1.82) is 10.5 Å². The van der Waals surface area contributed by atoms with Crippen LogP contribution in [-0.4, -0.2) is 6.18 Å². The Balaban J connectivity index is 3.95. The van der Waals surface area contributed by atoms with Crippen LogP contribution < -0.4 is 0 Å². The van der Waals surface area contributed by atoms with Gasteiger partial charge in [-0.3, -0.25) is 0 Å². The molecule has 0 spiro atoms. The zero-order valence-electron chi connectivity index (χ0n) is 12.8. The van der Waals surface area contributed by atoms with Crippen LogP contribution in [0.3, 0.4) is 0 Å².